The summed E-state index contributed by atoms with van der Waals surface area (Å²) in [6.07, 6.45) is 2.43. The third-order valence-corrected chi connectivity index (χ3v) is 2.56. The van der Waals surface area contributed by atoms with Gasteiger partial charge in [-0.2, -0.15) is 0 Å². The molecule has 0 bridgehead atoms. The number of hydrogen-bond acceptors (Lipinski definition) is 1. The molecule has 84 valence electrons. The molecule has 0 aromatic heterocycles. The fourth-order valence-corrected chi connectivity index (χ4v) is 2.04. The summed E-state index contributed by atoms with van der Waals surface area (Å²) in [4.78, 5) is 2.49. The number of anilines is 1. The van der Waals surface area contributed by atoms with E-state index in [9.17, 15) is 0 Å². The molecule has 0 atom stereocenters. The van der Waals surface area contributed by atoms with E-state index >= 15 is 0 Å². The monoisotopic (exact) mass is 205 g/mol. The van der Waals surface area contributed by atoms with Crippen molar-refractivity contribution in [2.75, 3.05) is 18.0 Å². The third kappa shape index (κ3) is 3.58. The second-order valence-corrected chi connectivity index (χ2v) is 4.33. The summed E-state index contributed by atoms with van der Waals surface area (Å²) in [7, 11) is 0. The van der Waals surface area contributed by atoms with Gasteiger partial charge in [-0.25, -0.2) is 0 Å². The van der Waals surface area contributed by atoms with Crippen molar-refractivity contribution in [1.29, 1.82) is 0 Å². The molecule has 0 N–H and O–H groups in total. The first-order chi connectivity index (χ1) is 7.17. The second-order valence-electron chi connectivity index (χ2n) is 4.33. The normalized spacial score (nSPS) is 10.4. The van der Waals surface area contributed by atoms with Crippen LogP contribution in [0.1, 0.15) is 37.8 Å². The summed E-state index contributed by atoms with van der Waals surface area (Å²) >= 11 is 0. The van der Waals surface area contributed by atoms with Crippen LogP contribution in [0.15, 0.2) is 18.2 Å². The lowest BCUT2D eigenvalue weighted by atomic mass is 10.1. The first kappa shape index (κ1) is 12.1. The molecule has 1 heteroatoms. The average molecular weight is 205 g/mol. The fourth-order valence-electron chi connectivity index (χ4n) is 2.04. The second kappa shape index (κ2) is 5.79. The van der Waals surface area contributed by atoms with Gasteiger partial charge in [0.05, 0.1) is 0 Å². The lowest BCUT2D eigenvalue weighted by Gasteiger charge is -2.24. The molecule has 0 saturated carbocycles. The van der Waals surface area contributed by atoms with Crippen LogP contribution in [0.2, 0.25) is 0 Å². The van der Waals surface area contributed by atoms with Gasteiger partial charge in [-0.05, 0) is 49.9 Å². The molecule has 0 aliphatic heterocycles. The first-order valence-corrected chi connectivity index (χ1v) is 6.00. The zero-order valence-corrected chi connectivity index (χ0v) is 10.5. The van der Waals surface area contributed by atoms with E-state index in [4.69, 9.17) is 0 Å². The molecule has 1 aromatic carbocycles. The molecular weight excluding hydrogens is 182 g/mol. The molecule has 1 nitrogen and oxygen atoms in total. The summed E-state index contributed by atoms with van der Waals surface area (Å²) in [5.74, 6) is 0. The summed E-state index contributed by atoms with van der Waals surface area (Å²) in [6, 6.07) is 6.82. The van der Waals surface area contributed by atoms with Gasteiger partial charge in [-0.3, -0.25) is 0 Å². The smallest absolute Gasteiger partial charge is 0.0371 e. The zero-order valence-electron chi connectivity index (χ0n) is 10.5. The highest BCUT2D eigenvalue weighted by Gasteiger charge is 2.04. The molecule has 0 amide bonds. The van der Waals surface area contributed by atoms with E-state index < -0.39 is 0 Å². The number of aryl methyl sites for hydroxylation is 2. The van der Waals surface area contributed by atoms with Crippen molar-refractivity contribution in [2.45, 2.75) is 40.5 Å². The largest absolute Gasteiger partial charge is 0.372 e. The zero-order chi connectivity index (χ0) is 11.3. The lowest BCUT2D eigenvalue weighted by Crippen LogP contribution is -2.24. The van der Waals surface area contributed by atoms with Crippen LogP contribution in [0.3, 0.4) is 0 Å². The van der Waals surface area contributed by atoms with Crippen LogP contribution in [0.25, 0.3) is 0 Å². The Morgan fingerprint density at radius 2 is 1.33 bits per heavy atom. The fraction of sp³-hybridized carbons (Fsp3) is 0.571. The van der Waals surface area contributed by atoms with E-state index in [0.29, 0.717) is 0 Å². The van der Waals surface area contributed by atoms with Crippen molar-refractivity contribution in [3.05, 3.63) is 29.3 Å². The van der Waals surface area contributed by atoms with Crippen LogP contribution >= 0.6 is 0 Å². The first-order valence-electron chi connectivity index (χ1n) is 6.00. The third-order valence-electron chi connectivity index (χ3n) is 2.56. The molecule has 1 aromatic rings. The number of hydrogen-bond donors (Lipinski definition) is 0. The quantitative estimate of drug-likeness (QED) is 0.704. The Bertz CT molecular complexity index is 278. The van der Waals surface area contributed by atoms with Crippen molar-refractivity contribution in [2.24, 2.45) is 0 Å². The molecule has 0 spiro atoms. The Balaban J connectivity index is 2.88. The number of nitrogens with zero attached hydrogens (tertiary/aromatic N) is 1. The van der Waals surface area contributed by atoms with Crippen LogP contribution in [0.5, 0.6) is 0 Å². The minimum absolute atomic E-state index is 1.16. The van der Waals surface area contributed by atoms with Crippen LogP contribution in [0, 0.1) is 13.8 Å². The van der Waals surface area contributed by atoms with E-state index in [-0.39, 0.29) is 0 Å². The van der Waals surface area contributed by atoms with Gasteiger partial charge < -0.3 is 4.90 Å². The predicted molar refractivity (Wildman–Crippen MR) is 68.7 cm³/mol. The maximum atomic E-state index is 2.49. The highest BCUT2D eigenvalue weighted by Crippen LogP contribution is 2.19. The minimum Gasteiger partial charge on any atom is -0.372 e. The van der Waals surface area contributed by atoms with Crippen LogP contribution in [-0.2, 0) is 0 Å². The van der Waals surface area contributed by atoms with Gasteiger partial charge in [0, 0.05) is 18.8 Å². The molecule has 15 heavy (non-hydrogen) atoms. The molecule has 0 unspecified atom stereocenters. The molecule has 0 radical (unpaired) electrons. The molecule has 0 aliphatic rings. The summed E-state index contributed by atoms with van der Waals surface area (Å²) in [5.41, 5.74) is 4.11. The van der Waals surface area contributed by atoms with Crippen molar-refractivity contribution in [1.82, 2.24) is 0 Å². The highest BCUT2D eigenvalue weighted by atomic mass is 15.1. The van der Waals surface area contributed by atoms with Gasteiger partial charge >= 0.3 is 0 Å². The summed E-state index contributed by atoms with van der Waals surface area (Å²) in [5, 5.41) is 0. The van der Waals surface area contributed by atoms with Crippen LogP contribution < -0.4 is 4.90 Å². The maximum absolute atomic E-state index is 2.49. The molecule has 0 heterocycles. The minimum atomic E-state index is 1.16. The predicted octanol–water partition coefficient (Wildman–Crippen LogP) is 3.93. The van der Waals surface area contributed by atoms with E-state index in [0.717, 1.165) is 13.1 Å². The van der Waals surface area contributed by atoms with Gasteiger partial charge in [0.1, 0.15) is 0 Å². The number of benzene rings is 1. The summed E-state index contributed by atoms with van der Waals surface area (Å²) in [6.45, 7) is 11.2. The van der Waals surface area contributed by atoms with Crippen LogP contribution in [0.4, 0.5) is 5.69 Å². The van der Waals surface area contributed by atoms with Gasteiger partial charge in [0.2, 0.25) is 0 Å². The molecule has 0 fully saturated rings. The van der Waals surface area contributed by atoms with Crippen molar-refractivity contribution >= 4 is 5.69 Å². The van der Waals surface area contributed by atoms with E-state index in [1.807, 2.05) is 0 Å². The molecule has 0 saturated heterocycles. The Morgan fingerprint density at radius 3 is 1.73 bits per heavy atom. The lowest BCUT2D eigenvalue weighted by molar-refractivity contribution is 0.744. The SMILES string of the molecule is CCCN(CCC)c1cc(C)cc(C)c1. The van der Waals surface area contributed by atoms with Crippen molar-refractivity contribution in [3.63, 3.8) is 0 Å². The Hall–Kier alpha value is -0.980. The molecule has 1 rings (SSSR count). The Kier molecular flexibility index (Phi) is 4.67. The highest BCUT2D eigenvalue weighted by molar-refractivity contribution is 5.50. The van der Waals surface area contributed by atoms with Crippen LogP contribution in [-0.4, -0.2) is 13.1 Å². The molecular formula is C14H23N. The van der Waals surface area contributed by atoms with Gasteiger partial charge in [0.25, 0.3) is 0 Å². The maximum Gasteiger partial charge on any atom is 0.0371 e. The molecule has 0 aliphatic carbocycles. The van der Waals surface area contributed by atoms with Gasteiger partial charge in [-0.1, -0.05) is 19.9 Å². The summed E-state index contributed by atoms with van der Waals surface area (Å²) < 4.78 is 0. The van der Waals surface area contributed by atoms with Gasteiger partial charge in [0.15, 0.2) is 0 Å². The Morgan fingerprint density at radius 1 is 0.867 bits per heavy atom. The van der Waals surface area contributed by atoms with E-state index in [1.165, 1.54) is 29.7 Å². The van der Waals surface area contributed by atoms with E-state index in [1.54, 1.807) is 0 Å². The van der Waals surface area contributed by atoms with Crippen molar-refractivity contribution < 1.29 is 0 Å². The van der Waals surface area contributed by atoms with Crippen molar-refractivity contribution in [3.8, 4) is 0 Å². The Labute approximate surface area is 94.1 Å². The number of rotatable bonds is 5. The topological polar surface area (TPSA) is 3.24 Å². The standard InChI is InChI=1S/C14H23N/c1-5-7-15(8-6-2)14-10-12(3)9-13(4)11-14/h9-11H,5-8H2,1-4H3. The van der Waals surface area contributed by atoms with E-state index in [2.05, 4.69) is 50.8 Å². The van der Waals surface area contributed by atoms with Gasteiger partial charge in [-0.15, -0.1) is 0 Å². The average Bonchev–Trinajstić information content (AvgIpc) is 2.16.